The van der Waals surface area contributed by atoms with Gasteiger partial charge in [-0.1, -0.05) is 0 Å². The summed E-state index contributed by atoms with van der Waals surface area (Å²) in [5.74, 6) is 2.98. The number of nitro groups is 1. The van der Waals surface area contributed by atoms with Crippen LogP contribution < -0.4 is 10.2 Å². The van der Waals surface area contributed by atoms with Crippen molar-refractivity contribution in [2.45, 2.75) is 44.9 Å². The average Bonchev–Trinajstić information content (AvgIpc) is 2.72. The van der Waals surface area contributed by atoms with E-state index < -0.39 is 0 Å². The maximum Gasteiger partial charge on any atom is 0.292 e. The van der Waals surface area contributed by atoms with Crippen molar-refractivity contribution in [3.63, 3.8) is 0 Å². The molecule has 4 saturated carbocycles. The SMILES string of the molecule is CNc1cc(N2CCN(C(=O)CC34CC5CC(CC(C5)C3)C4)CC2)ccc1[N+](=O)[O-]. The fraction of sp³-hybridized carbons (Fsp3) is 0.696. The second-order valence-electron chi connectivity index (χ2n) is 10.2. The minimum atomic E-state index is -0.364. The molecule has 4 aliphatic carbocycles. The van der Waals surface area contributed by atoms with Crippen LogP contribution in [0, 0.1) is 33.3 Å². The number of benzene rings is 1. The van der Waals surface area contributed by atoms with Gasteiger partial charge in [0.05, 0.1) is 4.92 Å². The van der Waals surface area contributed by atoms with Gasteiger partial charge in [0.1, 0.15) is 5.69 Å². The normalized spacial score (nSPS) is 32.4. The summed E-state index contributed by atoms with van der Waals surface area (Å²) in [4.78, 5) is 28.2. The van der Waals surface area contributed by atoms with Crippen molar-refractivity contribution in [2.75, 3.05) is 43.4 Å². The zero-order chi connectivity index (χ0) is 20.9. The molecular weight excluding hydrogens is 380 g/mol. The van der Waals surface area contributed by atoms with Crippen LogP contribution in [-0.2, 0) is 4.79 Å². The fourth-order valence-corrected chi connectivity index (χ4v) is 7.23. The Balaban J connectivity index is 1.20. The lowest BCUT2D eigenvalue weighted by Crippen LogP contribution is -2.52. The molecular formula is C23H32N4O3. The third-order valence-corrected chi connectivity index (χ3v) is 8.13. The van der Waals surface area contributed by atoms with E-state index in [0.717, 1.165) is 56.0 Å². The third kappa shape index (κ3) is 3.52. The van der Waals surface area contributed by atoms with E-state index >= 15 is 0 Å². The summed E-state index contributed by atoms with van der Waals surface area (Å²) in [5.41, 5.74) is 1.88. The summed E-state index contributed by atoms with van der Waals surface area (Å²) in [6.45, 7) is 3.01. The fourth-order valence-electron chi connectivity index (χ4n) is 7.23. The molecule has 5 fully saturated rings. The Labute approximate surface area is 177 Å². The zero-order valence-electron chi connectivity index (χ0n) is 17.8. The molecule has 7 heteroatoms. The van der Waals surface area contributed by atoms with Crippen molar-refractivity contribution < 1.29 is 9.72 Å². The number of anilines is 2. The topological polar surface area (TPSA) is 78.7 Å². The molecule has 7 nitrogen and oxygen atoms in total. The van der Waals surface area contributed by atoms with E-state index in [2.05, 4.69) is 15.1 Å². The van der Waals surface area contributed by atoms with E-state index in [9.17, 15) is 14.9 Å². The molecule has 0 unspecified atom stereocenters. The van der Waals surface area contributed by atoms with Gasteiger partial charge in [-0.2, -0.15) is 0 Å². The van der Waals surface area contributed by atoms with Gasteiger partial charge in [-0.05, 0) is 73.8 Å². The number of carbonyl (C=O) groups is 1. The first-order valence-electron chi connectivity index (χ1n) is 11.4. The average molecular weight is 413 g/mol. The lowest BCUT2D eigenvalue weighted by atomic mass is 9.49. The van der Waals surface area contributed by atoms with Gasteiger partial charge in [-0.3, -0.25) is 14.9 Å². The number of rotatable bonds is 5. The van der Waals surface area contributed by atoms with Crippen LogP contribution in [0.5, 0.6) is 0 Å². The van der Waals surface area contributed by atoms with Crippen molar-refractivity contribution in [1.82, 2.24) is 4.90 Å². The molecule has 1 aromatic rings. The minimum Gasteiger partial charge on any atom is -0.383 e. The number of carbonyl (C=O) groups excluding carboxylic acids is 1. The number of hydrogen-bond acceptors (Lipinski definition) is 5. The number of hydrogen-bond donors (Lipinski definition) is 1. The van der Waals surface area contributed by atoms with Gasteiger partial charge in [-0.25, -0.2) is 0 Å². The highest BCUT2D eigenvalue weighted by molar-refractivity contribution is 5.77. The number of piperazine rings is 1. The zero-order valence-corrected chi connectivity index (χ0v) is 17.8. The van der Waals surface area contributed by atoms with E-state index in [4.69, 9.17) is 0 Å². The third-order valence-electron chi connectivity index (χ3n) is 8.13. The standard InChI is InChI=1S/C23H32N4O3/c1-24-20-11-19(2-3-21(20)27(29)30)25-4-6-26(7-5-25)22(28)15-23-12-16-8-17(13-23)10-18(9-16)14-23/h2-3,11,16-18,24H,4-10,12-15H2,1H3. The maximum atomic E-state index is 13.2. The lowest BCUT2D eigenvalue weighted by Gasteiger charge is -2.57. The Morgan fingerprint density at radius 3 is 2.23 bits per heavy atom. The molecule has 4 bridgehead atoms. The molecule has 0 radical (unpaired) electrons. The van der Waals surface area contributed by atoms with Crippen LogP contribution in [-0.4, -0.2) is 49.0 Å². The number of amides is 1. The molecule has 1 saturated heterocycles. The van der Waals surface area contributed by atoms with Crippen LogP contribution in [0.1, 0.15) is 44.9 Å². The van der Waals surface area contributed by atoms with Crippen LogP contribution in [0.15, 0.2) is 18.2 Å². The highest BCUT2D eigenvalue weighted by Crippen LogP contribution is 2.61. The molecule has 30 heavy (non-hydrogen) atoms. The largest absolute Gasteiger partial charge is 0.383 e. The Morgan fingerprint density at radius 1 is 1.10 bits per heavy atom. The van der Waals surface area contributed by atoms with E-state index in [-0.39, 0.29) is 10.6 Å². The molecule has 162 valence electrons. The Morgan fingerprint density at radius 2 is 1.70 bits per heavy atom. The Kier molecular flexibility index (Phi) is 4.86. The van der Waals surface area contributed by atoms with Crippen molar-refractivity contribution in [1.29, 1.82) is 0 Å². The van der Waals surface area contributed by atoms with Crippen molar-refractivity contribution >= 4 is 23.0 Å². The second kappa shape index (κ2) is 7.43. The van der Waals surface area contributed by atoms with Crippen LogP contribution in [0.3, 0.4) is 0 Å². The van der Waals surface area contributed by atoms with E-state index in [0.29, 0.717) is 17.0 Å². The van der Waals surface area contributed by atoms with Crippen molar-refractivity contribution in [3.05, 3.63) is 28.3 Å². The number of nitrogens with zero attached hydrogens (tertiary/aromatic N) is 3. The molecule has 1 amide bonds. The quantitative estimate of drug-likeness (QED) is 0.586. The van der Waals surface area contributed by atoms with Crippen molar-refractivity contribution in [2.24, 2.45) is 23.2 Å². The minimum absolute atomic E-state index is 0.0886. The summed E-state index contributed by atoms with van der Waals surface area (Å²) in [6, 6.07) is 5.21. The lowest BCUT2D eigenvalue weighted by molar-refractivity contribution is -0.383. The van der Waals surface area contributed by atoms with Gasteiger partial charge in [0.2, 0.25) is 5.91 Å². The van der Waals surface area contributed by atoms with Gasteiger partial charge in [0, 0.05) is 51.4 Å². The summed E-state index contributed by atoms with van der Waals surface area (Å²) in [5, 5.41) is 14.1. The van der Waals surface area contributed by atoms with Gasteiger partial charge in [-0.15, -0.1) is 0 Å². The van der Waals surface area contributed by atoms with Crippen LogP contribution >= 0.6 is 0 Å². The molecule has 1 aromatic carbocycles. The Hall–Kier alpha value is -2.31. The molecule has 5 aliphatic rings. The van der Waals surface area contributed by atoms with Crippen molar-refractivity contribution in [3.8, 4) is 0 Å². The highest BCUT2D eigenvalue weighted by atomic mass is 16.6. The first-order valence-corrected chi connectivity index (χ1v) is 11.4. The van der Waals surface area contributed by atoms with E-state index in [1.807, 2.05) is 12.1 Å². The second-order valence-corrected chi connectivity index (χ2v) is 10.2. The monoisotopic (exact) mass is 412 g/mol. The molecule has 1 heterocycles. The maximum absolute atomic E-state index is 13.2. The summed E-state index contributed by atoms with van der Waals surface area (Å²) in [6.07, 6.45) is 8.82. The van der Waals surface area contributed by atoms with Crippen LogP contribution in [0.25, 0.3) is 0 Å². The van der Waals surface area contributed by atoms with Crippen LogP contribution in [0.2, 0.25) is 0 Å². The molecule has 1 N–H and O–H groups in total. The molecule has 0 atom stereocenters. The molecule has 1 aliphatic heterocycles. The molecule has 0 spiro atoms. The smallest absolute Gasteiger partial charge is 0.292 e. The van der Waals surface area contributed by atoms with Gasteiger partial charge in [0.25, 0.3) is 5.69 Å². The molecule has 0 aromatic heterocycles. The summed E-state index contributed by atoms with van der Waals surface area (Å²) < 4.78 is 0. The van der Waals surface area contributed by atoms with Crippen LogP contribution in [0.4, 0.5) is 17.1 Å². The predicted molar refractivity (Wildman–Crippen MR) is 117 cm³/mol. The number of nitrogens with one attached hydrogen (secondary N) is 1. The van der Waals surface area contributed by atoms with Gasteiger partial charge >= 0.3 is 0 Å². The first-order chi connectivity index (χ1) is 14.4. The van der Waals surface area contributed by atoms with E-state index in [1.54, 1.807) is 13.1 Å². The summed E-state index contributed by atoms with van der Waals surface area (Å²) >= 11 is 0. The number of nitro benzene ring substituents is 1. The molecule has 6 rings (SSSR count). The summed E-state index contributed by atoms with van der Waals surface area (Å²) in [7, 11) is 1.70. The first kappa shape index (κ1) is 19.6. The Bertz CT molecular complexity index is 812. The highest BCUT2D eigenvalue weighted by Gasteiger charge is 2.51. The predicted octanol–water partition coefficient (Wildman–Crippen LogP) is 3.89. The van der Waals surface area contributed by atoms with Gasteiger partial charge < -0.3 is 15.1 Å². The van der Waals surface area contributed by atoms with Gasteiger partial charge in [0.15, 0.2) is 0 Å². The van der Waals surface area contributed by atoms with E-state index in [1.165, 1.54) is 38.5 Å².